The van der Waals surface area contributed by atoms with Crippen LogP contribution in [0.3, 0.4) is 0 Å². The summed E-state index contributed by atoms with van der Waals surface area (Å²) in [7, 11) is 0. The highest BCUT2D eigenvalue weighted by Crippen LogP contribution is 2.29. The van der Waals surface area contributed by atoms with Crippen LogP contribution in [0.1, 0.15) is 24.3 Å². The summed E-state index contributed by atoms with van der Waals surface area (Å²) in [6, 6.07) is 1.34. The molecular weight excluding hydrogens is 269 g/mol. The van der Waals surface area contributed by atoms with Crippen LogP contribution in [0.5, 0.6) is 0 Å². The Labute approximate surface area is 107 Å². The van der Waals surface area contributed by atoms with Crippen LogP contribution in [-0.4, -0.2) is 27.1 Å². The van der Waals surface area contributed by atoms with Crippen molar-refractivity contribution in [3.8, 4) is 0 Å². The third-order valence-corrected chi connectivity index (χ3v) is 2.69. The third-order valence-electron chi connectivity index (χ3n) is 2.17. The Kier molecular flexibility index (Phi) is 4.72. The number of aliphatic carboxylic acids is 2. The average molecular weight is 278 g/mol. The van der Waals surface area contributed by atoms with Crippen LogP contribution in [0.2, 0.25) is 10.2 Å². The third kappa shape index (κ3) is 3.87. The summed E-state index contributed by atoms with van der Waals surface area (Å²) in [5.74, 6) is -3.21. The lowest BCUT2D eigenvalue weighted by Crippen LogP contribution is -2.14. The van der Waals surface area contributed by atoms with Crippen LogP contribution in [-0.2, 0) is 9.59 Å². The second kappa shape index (κ2) is 5.84. The molecule has 92 valence electrons. The minimum Gasteiger partial charge on any atom is -0.481 e. The van der Waals surface area contributed by atoms with Crippen LogP contribution in [0, 0.1) is 0 Å². The molecule has 1 unspecified atom stereocenters. The molecule has 0 spiro atoms. The molecule has 2 N–H and O–H groups in total. The van der Waals surface area contributed by atoms with Crippen molar-refractivity contribution in [2.45, 2.75) is 18.8 Å². The molecule has 0 fully saturated rings. The van der Waals surface area contributed by atoms with E-state index < -0.39 is 17.9 Å². The van der Waals surface area contributed by atoms with Gasteiger partial charge in [-0.2, -0.15) is 0 Å². The van der Waals surface area contributed by atoms with Crippen molar-refractivity contribution in [1.82, 2.24) is 4.98 Å². The Balaban J connectivity index is 3.00. The topological polar surface area (TPSA) is 87.5 Å². The zero-order valence-corrected chi connectivity index (χ0v) is 10.1. The first-order chi connectivity index (χ1) is 7.91. The quantitative estimate of drug-likeness (QED) is 0.807. The molecule has 0 aliphatic rings. The van der Waals surface area contributed by atoms with E-state index in [1.165, 1.54) is 12.3 Å². The molecule has 0 radical (unpaired) electrons. The molecule has 1 aromatic heterocycles. The molecule has 1 aromatic rings. The molecule has 0 aliphatic carbocycles. The van der Waals surface area contributed by atoms with E-state index in [2.05, 4.69) is 4.98 Å². The number of hydrogen-bond acceptors (Lipinski definition) is 3. The number of halogens is 2. The van der Waals surface area contributed by atoms with Gasteiger partial charge < -0.3 is 10.2 Å². The highest BCUT2D eigenvalue weighted by molar-refractivity contribution is 6.33. The minimum absolute atomic E-state index is 0.0509. The lowest BCUT2D eigenvalue weighted by atomic mass is 9.95. The minimum atomic E-state index is -1.14. The molecule has 0 bridgehead atoms. The Morgan fingerprint density at radius 3 is 2.53 bits per heavy atom. The van der Waals surface area contributed by atoms with E-state index in [1.807, 2.05) is 0 Å². The monoisotopic (exact) mass is 277 g/mol. The van der Waals surface area contributed by atoms with Gasteiger partial charge in [-0.1, -0.05) is 23.2 Å². The SMILES string of the molecule is O=C(O)CCC(C(=O)O)c1cc(Cl)ncc1Cl. The first-order valence-electron chi connectivity index (χ1n) is 4.67. The van der Waals surface area contributed by atoms with E-state index in [0.717, 1.165) is 0 Å². The van der Waals surface area contributed by atoms with Gasteiger partial charge in [-0.15, -0.1) is 0 Å². The molecular formula is C10H9Cl2NO4. The summed E-state index contributed by atoms with van der Waals surface area (Å²) in [4.78, 5) is 25.2. The Bertz CT molecular complexity index is 450. The van der Waals surface area contributed by atoms with Gasteiger partial charge in [-0.3, -0.25) is 9.59 Å². The van der Waals surface area contributed by atoms with Crippen LogP contribution in [0.25, 0.3) is 0 Å². The fourth-order valence-electron chi connectivity index (χ4n) is 1.37. The van der Waals surface area contributed by atoms with Gasteiger partial charge in [0.25, 0.3) is 0 Å². The first-order valence-corrected chi connectivity index (χ1v) is 5.43. The summed E-state index contributed by atoms with van der Waals surface area (Å²) in [6.07, 6.45) is 0.938. The summed E-state index contributed by atoms with van der Waals surface area (Å²) >= 11 is 11.5. The molecule has 5 nitrogen and oxygen atoms in total. The zero-order valence-electron chi connectivity index (χ0n) is 8.56. The standard InChI is InChI=1S/C10H9Cl2NO4/c11-7-4-13-8(12)3-6(7)5(10(16)17)1-2-9(14)15/h3-5H,1-2H2,(H,14,15)(H,16,17). The Morgan fingerprint density at radius 1 is 1.35 bits per heavy atom. The maximum atomic E-state index is 11.1. The lowest BCUT2D eigenvalue weighted by molar-refractivity contribution is -0.140. The van der Waals surface area contributed by atoms with E-state index in [-0.39, 0.29) is 28.6 Å². The van der Waals surface area contributed by atoms with E-state index >= 15 is 0 Å². The van der Waals surface area contributed by atoms with Crippen molar-refractivity contribution >= 4 is 35.1 Å². The fourth-order valence-corrected chi connectivity index (χ4v) is 1.78. The maximum Gasteiger partial charge on any atom is 0.311 e. The molecule has 0 aromatic carbocycles. The van der Waals surface area contributed by atoms with Crippen LogP contribution < -0.4 is 0 Å². The Morgan fingerprint density at radius 2 is 2.00 bits per heavy atom. The van der Waals surface area contributed by atoms with Crippen LogP contribution in [0.15, 0.2) is 12.3 Å². The van der Waals surface area contributed by atoms with Crippen molar-refractivity contribution in [1.29, 1.82) is 0 Å². The normalized spacial score (nSPS) is 12.1. The number of carboxylic acid groups (broad SMARTS) is 2. The van der Waals surface area contributed by atoms with Gasteiger partial charge in [0.2, 0.25) is 0 Å². The van der Waals surface area contributed by atoms with Crippen molar-refractivity contribution in [2.24, 2.45) is 0 Å². The smallest absolute Gasteiger partial charge is 0.311 e. The van der Waals surface area contributed by atoms with Gasteiger partial charge in [0, 0.05) is 12.6 Å². The predicted molar refractivity (Wildman–Crippen MR) is 61.5 cm³/mol. The van der Waals surface area contributed by atoms with Crippen molar-refractivity contribution in [3.63, 3.8) is 0 Å². The molecule has 1 heterocycles. The molecule has 0 aliphatic heterocycles. The first kappa shape index (κ1) is 13.7. The molecule has 0 saturated carbocycles. The van der Waals surface area contributed by atoms with E-state index in [1.54, 1.807) is 0 Å². The second-order valence-electron chi connectivity index (χ2n) is 3.35. The zero-order chi connectivity index (χ0) is 13.0. The fraction of sp³-hybridized carbons (Fsp3) is 0.300. The maximum absolute atomic E-state index is 11.1. The van der Waals surface area contributed by atoms with Crippen molar-refractivity contribution < 1.29 is 19.8 Å². The number of hydrogen-bond donors (Lipinski definition) is 2. The summed E-state index contributed by atoms with van der Waals surface area (Å²) < 4.78 is 0. The molecule has 7 heteroatoms. The summed E-state index contributed by atoms with van der Waals surface area (Å²) in [6.45, 7) is 0. The highest BCUT2D eigenvalue weighted by atomic mass is 35.5. The van der Waals surface area contributed by atoms with Crippen LogP contribution in [0.4, 0.5) is 0 Å². The average Bonchev–Trinajstić information content (AvgIpc) is 2.22. The number of carboxylic acids is 2. The van der Waals surface area contributed by atoms with E-state index in [9.17, 15) is 9.59 Å². The lowest BCUT2D eigenvalue weighted by Gasteiger charge is -2.13. The number of aromatic nitrogens is 1. The van der Waals surface area contributed by atoms with Crippen LogP contribution >= 0.6 is 23.2 Å². The number of pyridine rings is 1. The van der Waals surface area contributed by atoms with Gasteiger partial charge in [0.05, 0.1) is 10.9 Å². The predicted octanol–water partition coefficient (Wildman–Crippen LogP) is 2.42. The van der Waals surface area contributed by atoms with E-state index in [4.69, 9.17) is 33.4 Å². The van der Waals surface area contributed by atoms with Gasteiger partial charge >= 0.3 is 11.9 Å². The van der Waals surface area contributed by atoms with Gasteiger partial charge in [-0.05, 0) is 18.1 Å². The molecule has 0 saturated heterocycles. The summed E-state index contributed by atoms with van der Waals surface area (Å²) in [5.41, 5.74) is 0.278. The van der Waals surface area contributed by atoms with Crippen molar-refractivity contribution in [2.75, 3.05) is 0 Å². The van der Waals surface area contributed by atoms with Gasteiger partial charge in [-0.25, -0.2) is 4.98 Å². The van der Waals surface area contributed by atoms with E-state index in [0.29, 0.717) is 0 Å². The second-order valence-corrected chi connectivity index (χ2v) is 4.15. The highest BCUT2D eigenvalue weighted by Gasteiger charge is 2.23. The van der Waals surface area contributed by atoms with Gasteiger partial charge in [0.15, 0.2) is 0 Å². The molecule has 17 heavy (non-hydrogen) atoms. The number of carbonyl (C=O) groups is 2. The molecule has 1 atom stereocenters. The molecule has 1 rings (SSSR count). The van der Waals surface area contributed by atoms with Crippen molar-refractivity contribution in [3.05, 3.63) is 28.0 Å². The summed E-state index contributed by atoms with van der Waals surface area (Å²) in [5, 5.41) is 17.9. The largest absolute Gasteiger partial charge is 0.481 e. The Hall–Kier alpha value is -1.33. The molecule has 0 amide bonds. The van der Waals surface area contributed by atoms with Gasteiger partial charge in [0.1, 0.15) is 5.15 Å². The number of rotatable bonds is 5. The number of nitrogens with zero attached hydrogens (tertiary/aromatic N) is 1.